The Morgan fingerprint density at radius 3 is 2.79 bits per heavy atom. The molecule has 4 nitrogen and oxygen atoms in total. The molecule has 3 aromatic rings. The zero-order chi connectivity index (χ0) is 20.1. The molecule has 7 heteroatoms. The molecule has 1 aliphatic heterocycles. The van der Waals surface area contributed by atoms with Gasteiger partial charge in [0.1, 0.15) is 0 Å². The Bertz CT molecular complexity index is 923. The van der Waals surface area contributed by atoms with E-state index in [0.717, 1.165) is 28.1 Å². The second-order valence-corrected chi connectivity index (χ2v) is 9.42. The summed E-state index contributed by atoms with van der Waals surface area (Å²) in [5.74, 6) is 0.189. The van der Waals surface area contributed by atoms with Crippen LogP contribution in [0, 0.1) is 0 Å². The van der Waals surface area contributed by atoms with Crippen LogP contribution in [0.4, 0.5) is 0 Å². The molecule has 1 fully saturated rings. The fraction of sp³-hybridized carbons (Fsp3) is 0.318. The molecule has 1 aliphatic rings. The molecule has 0 spiro atoms. The first kappa shape index (κ1) is 20.9. The summed E-state index contributed by atoms with van der Waals surface area (Å²) in [5, 5.41) is 0.749. The highest BCUT2D eigenvalue weighted by molar-refractivity contribution is 9.10. The van der Waals surface area contributed by atoms with Crippen molar-refractivity contribution in [3.63, 3.8) is 0 Å². The normalized spacial score (nSPS) is 21.5. The van der Waals surface area contributed by atoms with Crippen molar-refractivity contribution in [3.05, 3.63) is 82.3 Å². The monoisotopic (exact) mass is 492 g/mol. The van der Waals surface area contributed by atoms with Crippen molar-refractivity contribution in [2.75, 3.05) is 12.4 Å². The van der Waals surface area contributed by atoms with Gasteiger partial charge in [-0.3, -0.25) is 0 Å². The zero-order valence-electron chi connectivity index (χ0n) is 15.8. The Morgan fingerprint density at radius 2 is 2.03 bits per heavy atom. The largest absolute Gasteiger partial charge is 0.345 e. The number of ether oxygens (including phenoxy) is 2. The number of nitrogens with zero attached hydrogens (tertiary/aromatic N) is 2. The lowest BCUT2D eigenvalue weighted by Crippen LogP contribution is -2.37. The number of rotatable bonds is 8. The van der Waals surface area contributed by atoms with Gasteiger partial charge >= 0.3 is 0 Å². The molecule has 4 rings (SSSR count). The smallest absolute Gasteiger partial charge is 0.187 e. The van der Waals surface area contributed by atoms with Crippen molar-refractivity contribution in [3.8, 4) is 0 Å². The van der Waals surface area contributed by atoms with Gasteiger partial charge in [0.05, 0.1) is 25.6 Å². The quantitative estimate of drug-likeness (QED) is 0.370. The van der Waals surface area contributed by atoms with Crippen LogP contribution in [0.15, 0.2) is 76.6 Å². The first-order chi connectivity index (χ1) is 14.1. The van der Waals surface area contributed by atoms with Gasteiger partial charge in [-0.25, -0.2) is 4.98 Å². The van der Waals surface area contributed by atoms with Crippen LogP contribution in [0.1, 0.15) is 12.0 Å². The lowest BCUT2D eigenvalue weighted by Gasteiger charge is -2.28. The van der Waals surface area contributed by atoms with E-state index in [1.807, 2.05) is 29.0 Å². The van der Waals surface area contributed by atoms with E-state index in [2.05, 4.69) is 51.2 Å². The average Bonchev–Trinajstić information content (AvgIpc) is 3.38. The van der Waals surface area contributed by atoms with Crippen LogP contribution < -0.4 is 0 Å². The third-order valence-electron chi connectivity index (χ3n) is 4.87. The van der Waals surface area contributed by atoms with Gasteiger partial charge in [0.2, 0.25) is 0 Å². The second kappa shape index (κ2) is 9.67. The Kier molecular flexibility index (Phi) is 6.98. The Labute approximate surface area is 188 Å². The average molecular weight is 494 g/mol. The molecular weight excluding hydrogens is 472 g/mol. The number of hydrogen-bond acceptors (Lipinski definition) is 4. The third-order valence-corrected chi connectivity index (χ3v) is 7.28. The molecule has 2 aromatic carbocycles. The number of aryl methyl sites for hydroxylation is 1. The Balaban J connectivity index is 1.41. The van der Waals surface area contributed by atoms with E-state index in [1.165, 1.54) is 10.5 Å². The van der Waals surface area contributed by atoms with Gasteiger partial charge in [-0.1, -0.05) is 35.9 Å². The fourth-order valence-corrected chi connectivity index (χ4v) is 5.05. The predicted octanol–water partition coefficient (Wildman–Crippen LogP) is 5.84. The van der Waals surface area contributed by atoms with E-state index in [0.29, 0.717) is 13.2 Å². The molecule has 152 valence electrons. The summed E-state index contributed by atoms with van der Waals surface area (Å²) < 4.78 is 15.9. The second-order valence-electron chi connectivity index (χ2n) is 7.06. The van der Waals surface area contributed by atoms with Crippen molar-refractivity contribution in [1.29, 1.82) is 0 Å². The maximum atomic E-state index is 6.50. The van der Waals surface area contributed by atoms with Gasteiger partial charge in [0.25, 0.3) is 0 Å². The molecule has 0 amide bonds. The lowest BCUT2D eigenvalue weighted by atomic mass is 10.0. The van der Waals surface area contributed by atoms with Gasteiger partial charge in [-0.2, -0.15) is 0 Å². The Hall–Kier alpha value is -1.31. The van der Waals surface area contributed by atoms with Crippen LogP contribution in [0.2, 0.25) is 5.02 Å². The van der Waals surface area contributed by atoms with Gasteiger partial charge < -0.3 is 14.0 Å². The molecule has 0 aliphatic carbocycles. The minimum Gasteiger partial charge on any atom is -0.345 e. The first-order valence-corrected chi connectivity index (χ1v) is 11.7. The van der Waals surface area contributed by atoms with Crippen molar-refractivity contribution < 1.29 is 9.47 Å². The van der Waals surface area contributed by atoms with Crippen molar-refractivity contribution in [2.24, 2.45) is 0 Å². The topological polar surface area (TPSA) is 36.3 Å². The summed E-state index contributed by atoms with van der Waals surface area (Å²) >= 11 is 11.4. The first-order valence-electron chi connectivity index (χ1n) is 9.51. The molecule has 0 radical (unpaired) electrons. The maximum Gasteiger partial charge on any atom is 0.187 e. The number of thioether (sulfide) groups is 1. The summed E-state index contributed by atoms with van der Waals surface area (Å²) in [4.78, 5) is 5.37. The molecule has 0 bridgehead atoms. The van der Waals surface area contributed by atoms with E-state index in [1.54, 1.807) is 24.3 Å². The van der Waals surface area contributed by atoms with Crippen molar-refractivity contribution in [2.45, 2.75) is 36.2 Å². The molecule has 1 saturated heterocycles. The van der Waals surface area contributed by atoms with Crippen LogP contribution in [-0.2, 0) is 22.4 Å². The summed E-state index contributed by atoms with van der Waals surface area (Å²) in [6.45, 7) is 1.21. The number of hydrogen-bond donors (Lipinski definition) is 0. The van der Waals surface area contributed by atoms with Crippen LogP contribution in [0.5, 0.6) is 0 Å². The van der Waals surface area contributed by atoms with E-state index in [9.17, 15) is 0 Å². The van der Waals surface area contributed by atoms with Crippen molar-refractivity contribution in [1.82, 2.24) is 9.55 Å². The number of benzene rings is 2. The minimum atomic E-state index is -0.653. The van der Waals surface area contributed by atoms with Crippen LogP contribution >= 0.6 is 39.3 Å². The molecule has 0 unspecified atom stereocenters. The highest BCUT2D eigenvalue weighted by Crippen LogP contribution is 2.35. The number of halogens is 2. The van der Waals surface area contributed by atoms with Crippen LogP contribution in [0.25, 0.3) is 0 Å². The molecule has 29 heavy (non-hydrogen) atoms. The van der Waals surface area contributed by atoms with E-state index in [-0.39, 0.29) is 6.10 Å². The molecule has 1 aromatic heterocycles. The molecule has 2 heterocycles. The molecular formula is C22H22BrClN2O2S. The molecule has 2 atom stereocenters. The van der Waals surface area contributed by atoms with Crippen LogP contribution in [-0.4, -0.2) is 33.8 Å². The van der Waals surface area contributed by atoms with E-state index < -0.39 is 5.79 Å². The van der Waals surface area contributed by atoms with Crippen molar-refractivity contribution >= 4 is 39.3 Å². The van der Waals surface area contributed by atoms with Crippen LogP contribution in [0.3, 0.4) is 0 Å². The van der Waals surface area contributed by atoms with Gasteiger partial charge in [-0.15, -0.1) is 11.8 Å². The van der Waals surface area contributed by atoms with E-state index in [4.69, 9.17) is 21.1 Å². The standard InChI is InChI=1S/C22H22BrClN2O2S/c23-20-3-1-2-4-21(20)29-14-19-13-27-22(28-19,15-26-12-11-25-16-26)10-9-17-5-7-18(24)8-6-17/h1-8,11-12,16,19H,9-10,13-15H2/t19-,22+/m0/s1. The summed E-state index contributed by atoms with van der Waals surface area (Å²) in [7, 11) is 0. The Morgan fingerprint density at radius 1 is 1.21 bits per heavy atom. The summed E-state index contributed by atoms with van der Waals surface area (Å²) in [6.07, 6.45) is 7.20. The zero-order valence-corrected chi connectivity index (χ0v) is 19.0. The summed E-state index contributed by atoms with van der Waals surface area (Å²) in [6, 6.07) is 16.2. The summed E-state index contributed by atoms with van der Waals surface area (Å²) in [5.41, 5.74) is 1.22. The molecule has 0 saturated carbocycles. The fourth-order valence-electron chi connectivity index (χ4n) is 3.38. The lowest BCUT2D eigenvalue weighted by molar-refractivity contribution is -0.180. The third kappa shape index (κ3) is 5.64. The molecule has 0 N–H and O–H groups in total. The number of imidazole rings is 1. The van der Waals surface area contributed by atoms with E-state index >= 15 is 0 Å². The predicted molar refractivity (Wildman–Crippen MR) is 120 cm³/mol. The van der Waals surface area contributed by atoms with Gasteiger partial charge in [0.15, 0.2) is 5.79 Å². The maximum absolute atomic E-state index is 6.50. The minimum absolute atomic E-state index is 0.0424. The number of aromatic nitrogens is 2. The SMILES string of the molecule is Clc1ccc(CC[C@@]2(Cn3ccnc3)OC[C@@H](CSc3ccccc3Br)O2)cc1. The van der Waals surface area contributed by atoms with Gasteiger partial charge in [0, 0.05) is 39.0 Å². The highest BCUT2D eigenvalue weighted by atomic mass is 79.9. The van der Waals surface area contributed by atoms with Gasteiger partial charge in [-0.05, 0) is 52.2 Å². The highest BCUT2D eigenvalue weighted by Gasteiger charge is 2.41.